The normalized spacial score (nSPS) is 12.0. The molecule has 2 rings (SSSR count). The quantitative estimate of drug-likeness (QED) is 0.0317. The molecule has 0 bridgehead atoms. The van der Waals surface area contributed by atoms with Gasteiger partial charge in [-0.1, -0.05) is 19.2 Å². The molecule has 0 fully saturated rings. The van der Waals surface area contributed by atoms with Crippen LogP contribution in [0.15, 0.2) is 73.2 Å². The number of allylic oxidation sites excluding steroid dienone is 1. The van der Waals surface area contributed by atoms with E-state index in [1.165, 1.54) is 92.5 Å². The van der Waals surface area contributed by atoms with Gasteiger partial charge in [0.1, 0.15) is 37.6 Å². The highest BCUT2D eigenvalue weighted by Crippen LogP contribution is 2.39. The summed E-state index contributed by atoms with van der Waals surface area (Å²) in [7, 11) is 9.57. The molecule has 0 aromatic heterocycles. The summed E-state index contributed by atoms with van der Waals surface area (Å²) in [5.41, 5.74) is -1.82. The summed E-state index contributed by atoms with van der Waals surface area (Å²) in [5, 5.41) is 18.7. The van der Waals surface area contributed by atoms with E-state index in [1.807, 2.05) is 0 Å². The maximum absolute atomic E-state index is 13.5. The van der Waals surface area contributed by atoms with E-state index in [2.05, 4.69) is 13.2 Å². The molecule has 16 nitrogen and oxygen atoms in total. The number of carbonyl (C=O) groups is 3. The Morgan fingerprint density at radius 2 is 1.23 bits per heavy atom. The van der Waals surface area contributed by atoms with E-state index in [9.17, 15) is 19.5 Å². The molecule has 0 saturated carbocycles. The number of methoxy groups -OCH3 is 7. The third-order valence-electron chi connectivity index (χ3n) is 7.25. The van der Waals surface area contributed by atoms with Gasteiger partial charge in [-0.25, -0.2) is 14.4 Å². The van der Waals surface area contributed by atoms with E-state index >= 15 is 0 Å². The van der Waals surface area contributed by atoms with Crippen molar-refractivity contribution in [1.29, 1.82) is 5.41 Å². The molecule has 0 heterocycles. The van der Waals surface area contributed by atoms with Gasteiger partial charge in [-0.2, -0.15) is 0 Å². The van der Waals surface area contributed by atoms with Crippen LogP contribution in [0.3, 0.4) is 0 Å². The fourth-order valence-electron chi connectivity index (χ4n) is 4.40. The standard InChI is InChI=1S/C37H45NO15/c1-10-24(14-23(2)44-4)34(40)51-20-37(19-50-31(38)12-11-13-43-3,21-52-35(41)25-15-27(39)32(48-8)28(16-25)45-5)22-53-36(42)26-17-29(46-6)33(49-9)30(18-26)47-7/h10-11,13-18,38-39H,1-2,12,19-22H2,3-9H3/b13-11+,24-14+,38-31?. The van der Waals surface area contributed by atoms with Gasteiger partial charge < -0.3 is 57.2 Å². The predicted molar refractivity (Wildman–Crippen MR) is 190 cm³/mol. The number of phenols is 1. The van der Waals surface area contributed by atoms with Gasteiger partial charge in [0.05, 0.1) is 72.7 Å². The first-order valence-electron chi connectivity index (χ1n) is 15.6. The van der Waals surface area contributed by atoms with E-state index in [1.54, 1.807) is 0 Å². The van der Waals surface area contributed by atoms with Crippen molar-refractivity contribution in [3.05, 3.63) is 84.4 Å². The molecule has 1 atom stereocenters. The van der Waals surface area contributed by atoms with Gasteiger partial charge in [-0.3, -0.25) is 5.41 Å². The van der Waals surface area contributed by atoms with Gasteiger partial charge >= 0.3 is 17.9 Å². The maximum Gasteiger partial charge on any atom is 0.338 e. The van der Waals surface area contributed by atoms with Crippen molar-refractivity contribution in [1.82, 2.24) is 0 Å². The molecule has 0 radical (unpaired) electrons. The SMILES string of the molecule is C=C/C(=C\C(=C)OC)C(=O)OCC(COC(=N)C/C=C/OC)(COC(=O)c1cc(O)c(OC)c(OC)c1)COC(=O)c1cc(OC)c(OC)c(OC)c1. The Balaban J connectivity index is 2.59. The lowest BCUT2D eigenvalue weighted by molar-refractivity contribution is -0.146. The summed E-state index contributed by atoms with van der Waals surface area (Å²) < 4.78 is 59.0. The number of aromatic hydroxyl groups is 1. The number of nitrogens with one attached hydrogen (secondary N) is 1. The van der Waals surface area contributed by atoms with Crippen LogP contribution in [0.25, 0.3) is 0 Å². The van der Waals surface area contributed by atoms with Crippen molar-refractivity contribution in [2.45, 2.75) is 6.42 Å². The van der Waals surface area contributed by atoms with E-state index < -0.39 is 55.5 Å². The number of carbonyl (C=O) groups excluding carboxylic acids is 3. The van der Waals surface area contributed by atoms with Crippen molar-refractivity contribution < 1.29 is 71.6 Å². The van der Waals surface area contributed by atoms with Gasteiger partial charge in [0, 0.05) is 6.42 Å². The van der Waals surface area contributed by atoms with Crippen molar-refractivity contribution in [3.63, 3.8) is 0 Å². The van der Waals surface area contributed by atoms with E-state index in [4.69, 9.17) is 57.5 Å². The second-order valence-electron chi connectivity index (χ2n) is 10.9. The summed E-state index contributed by atoms with van der Waals surface area (Å²) in [6.07, 6.45) is 5.38. The molecular formula is C37H45NO15. The van der Waals surface area contributed by atoms with Crippen LogP contribution in [-0.4, -0.2) is 105 Å². The topological polar surface area (TPSA) is 197 Å². The second kappa shape index (κ2) is 21.1. The zero-order chi connectivity index (χ0) is 39.6. The Morgan fingerprint density at radius 3 is 1.70 bits per heavy atom. The van der Waals surface area contributed by atoms with Gasteiger partial charge in [0.2, 0.25) is 11.5 Å². The van der Waals surface area contributed by atoms with Crippen LogP contribution >= 0.6 is 0 Å². The van der Waals surface area contributed by atoms with Crippen molar-refractivity contribution in [2.24, 2.45) is 5.41 Å². The number of esters is 3. The number of rotatable bonds is 22. The predicted octanol–water partition coefficient (Wildman–Crippen LogP) is 4.80. The van der Waals surface area contributed by atoms with Crippen molar-refractivity contribution >= 4 is 23.8 Å². The van der Waals surface area contributed by atoms with Crippen LogP contribution < -0.4 is 23.7 Å². The monoisotopic (exact) mass is 743 g/mol. The lowest BCUT2D eigenvalue weighted by Gasteiger charge is -2.32. The average Bonchev–Trinajstić information content (AvgIpc) is 3.17. The molecule has 0 aliphatic carbocycles. The molecule has 0 saturated heterocycles. The van der Waals surface area contributed by atoms with Crippen LogP contribution in [0.5, 0.6) is 34.5 Å². The number of hydrogen-bond acceptors (Lipinski definition) is 16. The maximum atomic E-state index is 13.5. The zero-order valence-electron chi connectivity index (χ0n) is 30.7. The van der Waals surface area contributed by atoms with Gasteiger partial charge in [-0.05, 0) is 36.4 Å². The molecule has 2 N–H and O–H groups in total. The molecule has 0 aliphatic heterocycles. The van der Waals surface area contributed by atoms with Crippen LogP contribution in [-0.2, 0) is 33.2 Å². The van der Waals surface area contributed by atoms with Crippen molar-refractivity contribution in [2.75, 3.05) is 76.2 Å². The Labute approximate surface area is 307 Å². The number of benzene rings is 2. The Bertz CT molecular complexity index is 1670. The summed E-state index contributed by atoms with van der Waals surface area (Å²) >= 11 is 0. The Kier molecular flexibility index (Phi) is 17.1. The van der Waals surface area contributed by atoms with Crippen LogP contribution in [0, 0.1) is 10.8 Å². The lowest BCUT2D eigenvalue weighted by atomic mass is 9.92. The Hall–Kier alpha value is -6.32. The molecular weight excluding hydrogens is 698 g/mol. The van der Waals surface area contributed by atoms with Crippen LogP contribution in [0.4, 0.5) is 0 Å². The minimum atomic E-state index is -1.65. The molecule has 2 aromatic rings. The van der Waals surface area contributed by atoms with Crippen LogP contribution in [0.1, 0.15) is 27.1 Å². The van der Waals surface area contributed by atoms with E-state index in [0.717, 1.165) is 6.07 Å². The molecule has 53 heavy (non-hydrogen) atoms. The van der Waals surface area contributed by atoms with Gasteiger partial charge in [0.25, 0.3) is 0 Å². The van der Waals surface area contributed by atoms with Gasteiger partial charge in [0.15, 0.2) is 28.9 Å². The summed E-state index contributed by atoms with van der Waals surface area (Å²) in [5.74, 6) is -2.61. The third-order valence-corrected chi connectivity index (χ3v) is 7.25. The average molecular weight is 744 g/mol. The number of ether oxygens (including phenoxy) is 11. The Morgan fingerprint density at radius 1 is 0.736 bits per heavy atom. The van der Waals surface area contributed by atoms with E-state index in [0.29, 0.717) is 0 Å². The van der Waals surface area contributed by atoms with Crippen LogP contribution in [0.2, 0.25) is 0 Å². The highest BCUT2D eigenvalue weighted by atomic mass is 16.6. The first kappa shape index (κ1) is 42.8. The van der Waals surface area contributed by atoms with Crippen molar-refractivity contribution in [3.8, 4) is 34.5 Å². The molecule has 288 valence electrons. The fourth-order valence-corrected chi connectivity index (χ4v) is 4.40. The fraction of sp³-hybridized carbons (Fsp3) is 0.351. The first-order valence-corrected chi connectivity index (χ1v) is 15.6. The molecule has 1 unspecified atom stereocenters. The molecule has 2 aromatic carbocycles. The second-order valence-corrected chi connectivity index (χ2v) is 10.9. The van der Waals surface area contributed by atoms with Gasteiger partial charge in [-0.15, -0.1) is 0 Å². The molecule has 0 amide bonds. The number of phenolic OH excluding ortho intramolecular Hbond substituents is 1. The highest BCUT2D eigenvalue weighted by Gasteiger charge is 2.38. The molecule has 16 heteroatoms. The highest BCUT2D eigenvalue weighted by molar-refractivity contribution is 5.93. The largest absolute Gasteiger partial charge is 0.505 e. The summed E-state index contributed by atoms with van der Waals surface area (Å²) in [4.78, 5) is 40.1. The minimum absolute atomic E-state index is 0.00210. The smallest absolute Gasteiger partial charge is 0.338 e. The first-order chi connectivity index (χ1) is 25.3. The summed E-state index contributed by atoms with van der Waals surface area (Å²) in [6, 6.07) is 5.12. The minimum Gasteiger partial charge on any atom is -0.505 e. The third kappa shape index (κ3) is 12.2. The molecule has 0 spiro atoms. The molecule has 0 aliphatic rings. The van der Waals surface area contributed by atoms with E-state index in [-0.39, 0.29) is 63.5 Å². The lowest BCUT2D eigenvalue weighted by Crippen LogP contribution is -2.44. The zero-order valence-corrected chi connectivity index (χ0v) is 30.7. The number of hydrogen-bond donors (Lipinski definition) is 2. The summed E-state index contributed by atoms with van der Waals surface area (Å²) in [6.45, 7) is 5.06.